The van der Waals surface area contributed by atoms with Crippen molar-refractivity contribution in [2.24, 2.45) is 0 Å². The van der Waals surface area contributed by atoms with Gasteiger partial charge in [-0.1, -0.05) is 6.92 Å². The van der Waals surface area contributed by atoms with Crippen LogP contribution in [0, 0.1) is 0 Å². The largest absolute Gasteiger partial charge is 0.524 e. The van der Waals surface area contributed by atoms with Crippen molar-refractivity contribution in [2.75, 3.05) is 0 Å². The Morgan fingerprint density at radius 1 is 1.40 bits per heavy atom. The van der Waals surface area contributed by atoms with Crippen LogP contribution in [0.15, 0.2) is 0 Å². The molecule has 0 rings (SSSR count). The quantitative estimate of drug-likeness (QED) is 0.619. The summed E-state index contributed by atoms with van der Waals surface area (Å²) in [6.07, 6.45) is -4.87. The van der Waals surface area contributed by atoms with E-state index in [4.69, 9.17) is 5.11 Å². The standard InChI is InChI=1S/C5H9F3O2/c1-3-4(2,9)10-5(6,7)8/h9H,3H2,1-2H3. The first kappa shape index (κ1) is 9.71. The van der Waals surface area contributed by atoms with Gasteiger partial charge in [0, 0.05) is 0 Å². The second-order valence-corrected chi connectivity index (χ2v) is 2.08. The van der Waals surface area contributed by atoms with Gasteiger partial charge in [0.25, 0.3) is 0 Å². The van der Waals surface area contributed by atoms with E-state index in [1.165, 1.54) is 6.92 Å². The second-order valence-electron chi connectivity index (χ2n) is 2.08. The van der Waals surface area contributed by atoms with Crippen molar-refractivity contribution in [1.29, 1.82) is 0 Å². The van der Waals surface area contributed by atoms with E-state index in [1.54, 1.807) is 0 Å². The third-order valence-corrected chi connectivity index (χ3v) is 0.992. The number of hydrogen-bond donors (Lipinski definition) is 1. The first-order chi connectivity index (χ1) is 4.27. The highest BCUT2D eigenvalue weighted by Crippen LogP contribution is 2.24. The van der Waals surface area contributed by atoms with Crippen molar-refractivity contribution in [3.63, 3.8) is 0 Å². The minimum atomic E-state index is -4.76. The van der Waals surface area contributed by atoms with E-state index in [2.05, 4.69) is 4.74 Å². The summed E-state index contributed by atoms with van der Waals surface area (Å²) in [7, 11) is 0. The van der Waals surface area contributed by atoms with Crippen LogP contribution in [0.3, 0.4) is 0 Å². The number of hydrogen-bond acceptors (Lipinski definition) is 2. The molecule has 1 atom stereocenters. The third kappa shape index (κ3) is 4.58. The molecule has 10 heavy (non-hydrogen) atoms. The maximum absolute atomic E-state index is 11.4. The Hall–Kier alpha value is -0.290. The van der Waals surface area contributed by atoms with E-state index in [-0.39, 0.29) is 6.42 Å². The molecule has 0 fully saturated rings. The highest BCUT2D eigenvalue weighted by molar-refractivity contribution is 4.55. The summed E-state index contributed by atoms with van der Waals surface area (Å²) in [5.74, 6) is -2.10. The Kier molecular flexibility index (Phi) is 2.67. The molecule has 2 nitrogen and oxygen atoms in total. The van der Waals surface area contributed by atoms with Crippen molar-refractivity contribution in [3.8, 4) is 0 Å². The van der Waals surface area contributed by atoms with Crippen LogP contribution >= 0.6 is 0 Å². The van der Waals surface area contributed by atoms with Gasteiger partial charge in [0.15, 0.2) is 5.79 Å². The molecular weight excluding hydrogens is 149 g/mol. The second kappa shape index (κ2) is 2.75. The van der Waals surface area contributed by atoms with Gasteiger partial charge >= 0.3 is 6.36 Å². The van der Waals surface area contributed by atoms with E-state index in [1.807, 2.05) is 0 Å². The SMILES string of the molecule is CCC(C)(O)OC(F)(F)F. The van der Waals surface area contributed by atoms with Gasteiger partial charge in [0.05, 0.1) is 0 Å². The van der Waals surface area contributed by atoms with Gasteiger partial charge in [-0.25, -0.2) is 0 Å². The molecule has 0 saturated carbocycles. The molecular formula is C5H9F3O2. The third-order valence-electron chi connectivity index (χ3n) is 0.992. The fraction of sp³-hybridized carbons (Fsp3) is 1.00. The van der Waals surface area contributed by atoms with Crippen LogP contribution in [0.25, 0.3) is 0 Å². The lowest BCUT2D eigenvalue weighted by Gasteiger charge is -2.22. The summed E-state index contributed by atoms with van der Waals surface area (Å²) in [6, 6.07) is 0. The van der Waals surface area contributed by atoms with E-state index in [0.29, 0.717) is 0 Å². The summed E-state index contributed by atoms with van der Waals surface area (Å²) >= 11 is 0. The molecule has 0 aromatic carbocycles. The zero-order chi connectivity index (χ0) is 8.41. The Morgan fingerprint density at radius 2 is 1.80 bits per heavy atom. The lowest BCUT2D eigenvalue weighted by atomic mass is 10.2. The van der Waals surface area contributed by atoms with E-state index >= 15 is 0 Å². The summed E-state index contributed by atoms with van der Waals surface area (Å²) in [4.78, 5) is 0. The first-order valence-corrected chi connectivity index (χ1v) is 2.76. The van der Waals surface area contributed by atoms with Gasteiger partial charge in [-0.2, -0.15) is 0 Å². The molecule has 0 bridgehead atoms. The molecule has 1 N–H and O–H groups in total. The summed E-state index contributed by atoms with van der Waals surface area (Å²) in [5, 5.41) is 8.72. The zero-order valence-electron chi connectivity index (χ0n) is 5.70. The predicted octanol–water partition coefficient (Wildman–Crippen LogP) is 1.64. The number of aliphatic hydroxyl groups is 1. The van der Waals surface area contributed by atoms with Crippen LogP contribution in [0.4, 0.5) is 13.2 Å². The van der Waals surface area contributed by atoms with Crippen LogP contribution in [0.1, 0.15) is 20.3 Å². The Labute approximate surface area is 56.6 Å². The molecule has 0 amide bonds. The molecule has 0 aromatic heterocycles. The first-order valence-electron chi connectivity index (χ1n) is 2.76. The number of ether oxygens (including phenoxy) is 1. The highest BCUT2D eigenvalue weighted by Gasteiger charge is 2.38. The van der Waals surface area contributed by atoms with Crippen LogP contribution < -0.4 is 0 Å². The average molecular weight is 158 g/mol. The molecule has 0 aliphatic carbocycles. The molecule has 0 heterocycles. The molecule has 0 aromatic rings. The van der Waals surface area contributed by atoms with Gasteiger partial charge < -0.3 is 5.11 Å². The Bertz CT molecular complexity index is 108. The molecule has 0 spiro atoms. The molecule has 0 aliphatic heterocycles. The van der Waals surface area contributed by atoms with Crippen LogP contribution in [-0.4, -0.2) is 17.3 Å². The number of halogens is 3. The smallest absolute Gasteiger partial charge is 0.365 e. The summed E-state index contributed by atoms with van der Waals surface area (Å²) in [6.45, 7) is 2.35. The van der Waals surface area contributed by atoms with Crippen molar-refractivity contribution < 1.29 is 23.0 Å². The molecule has 0 aliphatic rings. The molecule has 0 radical (unpaired) electrons. The maximum atomic E-state index is 11.4. The lowest BCUT2D eigenvalue weighted by molar-refractivity contribution is -0.405. The van der Waals surface area contributed by atoms with E-state index < -0.39 is 12.1 Å². The number of rotatable bonds is 2. The molecule has 1 unspecified atom stereocenters. The normalized spacial score (nSPS) is 18.6. The van der Waals surface area contributed by atoms with Crippen molar-refractivity contribution in [2.45, 2.75) is 32.4 Å². The molecule has 5 heteroatoms. The van der Waals surface area contributed by atoms with Gasteiger partial charge in [-0.3, -0.25) is 4.74 Å². The van der Waals surface area contributed by atoms with Crippen molar-refractivity contribution >= 4 is 0 Å². The fourth-order valence-electron chi connectivity index (χ4n) is 0.321. The lowest BCUT2D eigenvalue weighted by Crippen LogP contribution is -2.34. The predicted molar refractivity (Wildman–Crippen MR) is 28.1 cm³/mol. The summed E-state index contributed by atoms with van der Waals surface area (Å²) < 4.78 is 37.4. The Balaban J connectivity index is 3.89. The van der Waals surface area contributed by atoms with Gasteiger partial charge in [-0.15, -0.1) is 13.2 Å². The summed E-state index contributed by atoms with van der Waals surface area (Å²) in [5.41, 5.74) is 0. The topological polar surface area (TPSA) is 29.5 Å². The highest BCUT2D eigenvalue weighted by atomic mass is 19.4. The van der Waals surface area contributed by atoms with Gasteiger partial charge in [0.1, 0.15) is 0 Å². The Morgan fingerprint density at radius 3 is 1.90 bits per heavy atom. The van der Waals surface area contributed by atoms with Crippen LogP contribution in [0.5, 0.6) is 0 Å². The van der Waals surface area contributed by atoms with E-state index in [9.17, 15) is 13.2 Å². The van der Waals surface area contributed by atoms with Crippen LogP contribution in [-0.2, 0) is 4.74 Å². The molecule has 62 valence electrons. The monoisotopic (exact) mass is 158 g/mol. The van der Waals surface area contributed by atoms with Crippen LogP contribution in [0.2, 0.25) is 0 Å². The van der Waals surface area contributed by atoms with Gasteiger partial charge in [0.2, 0.25) is 0 Å². The van der Waals surface area contributed by atoms with Crippen molar-refractivity contribution in [1.82, 2.24) is 0 Å². The van der Waals surface area contributed by atoms with Gasteiger partial charge in [-0.05, 0) is 13.3 Å². The minimum Gasteiger partial charge on any atom is -0.365 e. The number of alkyl halides is 3. The minimum absolute atomic E-state index is 0.105. The van der Waals surface area contributed by atoms with Crippen molar-refractivity contribution in [3.05, 3.63) is 0 Å². The zero-order valence-corrected chi connectivity index (χ0v) is 5.70. The maximum Gasteiger partial charge on any atom is 0.524 e. The fourth-order valence-corrected chi connectivity index (χ4v) is 0.321. The average Bonchev–Trinajstić information content (AvgIpc) is 1.60. The van der Waals surface area contributed by atoms with E-state index in [0.717, 1.165) is 6.92 Å². The molecule has 0 saturated heterocycles.